The lowest BCUT2D eigenvalue weighted by Gasteiger charge is -2.18. The Labute approximate surface area is 114 Å². The molecular formula is C13H19NO4S. The van der Waals surface area contributed by atoms with Gasteiger partial charge in [-0.1, -0.05) is 32.0 Å². The number of carbonyl (C=O) groups is 1. The molecular weight excluding hydrogens is 266 g/mol. The van der Waals surface area contributed by atoms with Gasteiger partial charge in [-0.2, -0.15) is 4.72 Å². The van der Waals surface area contributed by atoms with Crippen LogP contribution >= 0.6 is 0 Å². The number of benzene rings is 1. The lowest BCUT2D eigenvalue weighted by molar-refractivity contribution is -0.143. The van der Waals surface area contributed by atoms with Crippen molar-refractivity contribution in [2.24, 2.45) is 5.92 Å². The molecule has 0 aliphatic heterocycles. The minimum absolute atomic E-state index is 0.132. The van der Waals surface area contributed by atoms with Crippen molar-refractivity contribution in [3.8, 4) is 0 Å². The maximum Gasteiger partial charge on any atom is 0.323 e. The van der Waals surface area contributed by atoms with E-state index in [0.717, 1.165) is 0 Å². The first kappa shape index (κ1) is 15.7. The number of methoxy groups -OCH3 is 1. The number of carbonyl (C=O) groups excluding carboxylic acids is 1. The third-order valence-electron chi connectivity index (χ3n) is 2.54. The lowest BCUT2D eigenvalue weighted by Crippen LogP contribution is -2.42. The van der Waals surface area contributed by atoms with Gasteiger partial charge in [-0.3, -0.25) is 4.79 Å². The molecule has 0 aromatic heterocycles. The van der Waals surface area contributed by atoms with Crippen molar-refractivity contribution in [1.29, 1.82) is 0 Å². The van der Waals surface area contributed by atoms with Gasteiger partial charge in [-0.25, -0.2) is 8.42 Å². The first-order valence-electron chi connectivity index (χ1n) is 6.02. The first-order chi connectivity index (χ1) is 8.86. The predicted octanol–water partition coefficient (Wildman–Crippen LogP) is 1.55. The summed E-state index contributed by atoms with van der Waals surface area (Å²) < 4.78 is 31.3. The molecule has 0 bridgehead atoms. The maximum absolute atomic E-state index is 12.1. The molecule has 19 heavy (non-hydrogen) atoms. The highest BCUT2D eigenvalue weighted by atomic mass is 32.2. The zero-order valence-electron chi connectivity index (χ0n) is 11.3. The van der Waals surface area contributed by atoms with E-state index in [4.69, 9.17) is 0 Å². The molecule has 106 valence electrons. The Kier molecular flexibility index (Phi) is 5.50. The van der Waals surface area contributed by atoms with E-state index >= 15 is 0 Å². The number of esters is 1. The second-order valence-electron chi connectivity index (χ2n) is 4.64. The molecule has 1 rings (SSSR count). The van der Waals surface area contributed by atoms with E-state index in [2.05, 4.69) is 9.46 Å². The van der Waals surface area contributed by atoms with Gasteiger partial charge in [0.05, 0.1) is 12.0 Å². The highest BCUT2D eigenvalue weighted by molar-refractivity contribution is 7.89. The molecule has 1 aromatic rings. The highest BCUT2D eigenvalue weighted by Crippen LogP contribution is 2.12. The molecule has 0 saturated carbocycles. The van der Waals surface area contributed by atoms with Crippen molar-refractivity contribution in [1.82, 2.24) is 4.72 Å². The van der Waals surface area contributed by atoms with Crippen LogP contribution in [0.2, 0.25) is 0 Å². The molecule has 0 radical (unpaired) electrons. The topological polar surface area (TPSA) is 72.5 Å². The van der Waals surface area contributed by atoms with Gasteiger partial charge in [0.15, 0.2) is 0 Å². The van der Waals surface area contributed by atoms with Crippen LogP contribution in [0.1, 0.15) is 20.3 Å². The van der Waals surface area contributed by atoms with Crippen molar-refractivity contribution in [3.05, 3.63) is 30.3 Å². The number of hydrogen-bond donors (Lipinski definition) is 1. The molecule has 0 amide bonds. The fourth-order valence-electron chi connectivity index (χ4n) is 1.66. The monoisotopic (exact) mass is 285 g/mol. The lowest BCUT2D eigenvalue weighted by atomic mass is 10.1. The molecule has 0 unspecified atom stereocenters. The van der Waals surface area contributed by atoms with E-state index in [1.54, 1.807) is 18.2 Å². The summed E-state index contributed by atoms with van der Waals surface area (Å²) in [5, 5.41) is 0. The Morgan fingerprint density at radius 1 is 1.26 bits per heavy atom. The SMILES string of the molecule is COC(=O)[C@H](CC(C)C)NS(=O)(=O)c1ccccc1. The molecule has 1 atom stereocenters. The highest BCUT2D eigenvalue weighted by Gasteiger charge is 2.26. The smallest absolute Gasteiger partial charge is 0.323 e. The summed E-state index contributed by atoms with van der Waals surface area (Å²) in [4.78, 5) is 11.7. The predicted molar refractivity (Wildman–Crippen MR) is 72.0 cm³/mol. The van der Waals surface area contributed by atoms with Gasteiger partial charge in [-0.15, -0.1) is 0 Å². The second kappa shape index (κ2) is 6.68. The minimum Gasteiger partial charge on any atom is -0.468 e. The molecule has 0 fully saturated rings. The Morgan fingerprint density at radius 3 is 2.32 bits per heavy atom. The maximum atomic E-state index is 12.1. The zero-order chi connectivity index (χ0) is 14.5. The third kappa shape index (κ3) is 4.65. The largest absolute Gasteiger partial charge is 0.468 e. The number of hydrogen-bond acceptors (Lipinski definition) is 4. The van der Waals surface area contributed by atoms with Crippen LogP contribution in [-0.2, 0) is 19.6 Å². The Morgan fingerprint density at radius 2 is 1.84 bits per heavy atom. The van der Waals surface area contributed by atoms with Gasteiger partial charge in [0.25, 0.3) is 0 Å². The summed E-state index contributed by atoms with van der Waals surface area (Å²) in [6.45, 7) is 3.82. The van der Waals surface area contributed by atoms with Crippen molar-refractivity contribution >= 4 is 16.0 Å². The van der Waals surface area contributed by atoms with Crippen molar-refractivity contribution in [2.75, 3.05) is 7.11 Å². The van der Waals surface area contributed by atoms with Crippen LogP contribution in [0, 0.1) is 5.92 Å². The molecule has 1 N–H and O–H groups in total. The summed E-state index contributed by atoms with van der Waals surface area (Å²) in [5.41, 5.74) is 0. The molecule has 0 aliphatic carbocycles. The Bertz CT molecular complexity index is 511. The van der Waals surface area contributed by atoms with Crippen molar-refractivity contribution in [2.45, 2.75) is 31.2 Å². The van der Waals surface area contributed by atoms with E-state index in [1.807, 2.05) is 13.8 Å². The van der Waals surface area contributed by atoms with Crippen LogP contribution in [-0.4, -0.2) is 27.5 Å². The van der Waals surface area contributed by atoms with Crippen LogP contribution in [0.5, 0.6) is 0 Å². The van der Waals surface area contributed by atoms with Crippen LogP contribution < -0.4 is 4.72 Å². The number of ether oxygens (including phenoxy) is 1. The Hall–Kier alpha value is -1.40. The standard InChI is InChI=1S/C13H19NO4S/c1-10(2)9-12(13(15)18-3)14-19(16,17)11-7-5-4-6-8-11/h4-8,10,12,14H,9H2,1-3H3/t12-/m0/s1. The van der Waals surface area contributed by atoms with Crippen LogP contribution in [0.15, 0.2) is 35.2 Å². The summed E-state index contributed by atoms with van der Waals surface area (Å²) in [6.07, 6.45) is 0.388. The van der Waals surface area contributed by atoms with Crippen LogP contribution in [0.4, 0.5) is 0 Å². The fourth-order valence-corrected chi connectivity index (χ4v) is 2.88. The zero-order valence-corrected chi connectivity index (χ0v) is 12.1. The molecule has 0 heterocycles. The minimum atomic E-state index is -3.71. The normalized spacial score (nSPS) is 13.3. The van der Waals surface area contributed by atoms with E-state index in [0.29, 0.717) is 6.42 Å². The van der Waals surface area contributed by atoms with Gasteiger partial charge in [-0.05, 0) is 24.5 Å². The summed E-state index contributed by atoms with van der Waals surface area (Å²) in [6, 6.07) is 7.08. The van der Waals surface area contributed by atoms with Gasteiger partial charge >= 0.3 is 5.97 Å². The summed E-state index contributed by atoms with van der Waals surface area (Å²) in [7, 11) is -2.47. The summed E-state index contributed by atoms with van der Waals surface area (Å²) >= 11 is 0. The Balaban J connectivity index is 2.92. The number of sulfonamides is 1. The van der Waals surface area contributed by atoms with Crippen molar-refractivity contribution in [3.63, 3.8) is 0 Å². The van der Waals surface area contributed by atoms with Gasteiger partial charge in [0, 0.05) is 0 Å². The van der Waals surface area contributed by atoms with Crippen molar-refractivity contribution < 1.29 is 17.9 Å². The fraction of sp³-hybridized carbons (Fsp3) is 0.462. The van der Waals surface area contributed by atoms with Gasteiger partial charge in [0.2, 0.25) is 10.0 Å². The second-order valence-corrected chi connectivity index (χ2v) is 6.35. The summed E-state index contributed by atoms with van der Waals surface area (Å²) in [5.74, 6) is -0.407. The molecule has 6 heteroatoms. The number of rotatable bonds is 6. The van der Waals surface area contributed by atoms with E-state index in [1.165, 1.54) is 19.2 Å². The average Bonchev–Trinajstić information content (AvgIpc) is 2.37. The third-order valence-corrected chi connectivity index (χ3v) is 4.03. The average molecular weight is 285 g/mol. The first-order valence-corrected chi connectivity index (χ1v) is 7.50. The van der Waals surface area contributed by atoms with Gasteiger partial charge in [0.1, 0.15) is 6.04 Å². The van der Waals surface area contributed by atoms with Gasteiger partial charge < -0.3 is 4.74 Å². The van der Waals surface area contributed by atoms with E-state index in [9.17, 15) is 13.2 Å². The molecule has 1 aromatic carbocycles. The van der Waals surface area contributed by atoms with Crippen LogP contribution in [0.25, 0.3) is 0 Å². The van der Waals surface area contributed by atoms with Crippen LogP contribution in [0.3, 0.4) is 0 Å². The molecule has 0 spiro atoms. The van der Waals surface area contributed by atoms with E-state index in [-0.39, 0.29) is 10.8 Å². The molecule has 5 nitrogen and oxygen atoms in total. The van der Waals surface area contributed by atoms with E-state index < -0.39 is 22.0 Å². The molecule has 0 saturated heterocycles. The quantitative estimate of drug-likeness (QED) is 0.805. The number of nitrogens with one attached hydrogen (secondary N) is 1. The molecule has 0 aliphatic rings.